The van der Waals surface area contributed by atoms with E-state index in [1.807, 2.05) is 48.5 Å². The van der Waals surface area contributed by atoms with Crippen molar-refractivity contribution in [2.45, 2.75) is 32.4 Å². The van der Waals surface area contributed by atoms with Gasteiger partial charge >= 0.3 is 0 Å². The number of hydrogen-bond donors (Lipinski definition) is 1. The molecule has 1 aliphatic heterocycles. The van der Waals surface area contributed by atoms with Crippen LogP contribution in [-0.2, 0) is 6.54 Å². The maximum absolute atomic E-state index is 13.4. The zero-order chi connectivity index (χ0) is 24.4. The van der Waals surface area contributed by atoms with E-state index in [-0.39, 0.29) is 11.6 Å². The van der Waals surface area contributed by atoms with E-state index < -0.39 is 0 Å². The minimum atomic E-state index is -0.360. The third kappa shape index (κ3) is 4.77. The molecule has 2 aromatic heterocycles. The van der Waals surface area contributed by atoms with Crippen LogP contribution in [0.25, 0.3) is 10.9 Å². The Morgan fingerprint density at radius 1 is 1.09 bits per heavy atom. The Hall–Kier alpha value is -3.72. The number of nitrogens with zero attached hydrogens (tertiary/aromatic N) is 5. The summed E-state index contributed by atoms with van der Waals surface area (Å²) in [6.07, 6.45) is 2.24. The van der Waals surface area contributed by atoms with Crippen molar-refractivity contribution in [1.82, 2.24) is 30.1 Å². The summed E-state index contributed by atoms with van der Waals surface area (Å²) < 4.78 is 12.4. The first-order valence-corrected chi connectivity index (χ1v) is 11.9. The van der Waals surface area contributed by atoms with Crippen molar-refractivity contribution in [2.24, 2.45) is 5.92 Å². The van der Waals surface area contributed by atoms with E-state index in [0.29, 0.717) is 29.6 Å². The molecule has 2 aromatic carbocycles. The van der Waals surface area contributed by atoms with Crippen molar-refractivity contribution < 1.29 is 9.47 Å². The van der Waals surface area contributed by atoms with Gasteiger partial charge in [-0.1, -0.05) is 19.1 Å². The molecule has 1 fully saturated rings. The van der Waals surface area contributed by atoms with Crippen molar-refractivity contribution in [2.75, 3.05) is 27.3 Å². The molecule has 35 heavy (non-hydrogen) atoms. The second-order valence-corrected chi connectivity index (χ2v) is 9.19. The molecular formula is C26H30N6O3. The number of aromatic nitrogens is 5. The van der Waals surface area contributed by atoms with Gasteiger partial charge in [0.25, 0.3) is 5.56 Å². The smallest absolute Gasteiger partial charge is 0.253 e. The molecule has 0 unspecified atom stereocenters. The number of aromatic amines is 1. The quantitative estimate of drug-likeness (QED) is 0.438. The Bertz CT molecular complexity index is 1360. The molecule has 9 heteroatoms. The van der Waals surface area contributed by atoms with Crippen LogP contribution < -0.4 is 15.0 Å². The molecule has 0 saturated carbocycles. The lowest BCUT2D eigenvalue weighted by molar-refractivity contribution is 0.141. The first-order chi connectivity index (χ1) is 17.1. The number of pyridine rings is 1. The lowest BCUT2D eigenvalue weighted by atomic mass is 9.95. The number of tetrazole rings is 1. The monoisotopic (exact) mass is 474 g/mol. The van der Waals surface area contributed by atoms with Crippen LogP contribution >= 0.6 is 0 Å². The Morgan fingerprint density at radius 2 is 1.86 bits per heavy atom. The highest BCUT2D eigenvalue weighted by Crippen LogP contribution is 2.31. The van der Waals surface area contributed by atoms with Gasteiger partial charge in [0.15, 0.2) is 5.82 Å². The Balaban J connectivity index is 1.58. The van der Waals surface area contributed by atoms with E-state index >= 15 is 0 Å². The second-order valence-electron chi connectivity index (χ2n) is 9.19. The third-order valence-electron chi connectivity index (χ3n) is 6.73. The van der Waals surface area contributed by atoms with Crippen LogP contribution in [0.5, 0.6) is 11.5 Å². The molecule has 1 aliphatic rings. The highest BCUT2D eigenvalue weighted by molar-refractivity contribution is 5.80. The van der Waals surface area contributed by atoms with Crippen LogP contribution in [0.15, 0.2) is 53.3 Å². The van der Waals surface area contributed by atoms with Crippen molar-refractivity contribution in [1.29, 1.82) is 0 Å². The molecule has 2 atom stereocenters. The van der Waals surface area contributed by atoms with Gasteiger partial charge < -0.3 is 14.5 Å². The molecule has 1 N–H and O–H groups in total. The van der Waals surface area contributed by atoms with Gasteiger partial charge in [-0.15, -0.1) is 5.10 Å². The lowest BCUT2D eigenvalue weighted by Gasteiger charge is -2.36. The zero-order valence-electron chi connectivity index (χ0n) is 20.3. The molecule has 9 nitrogen and oxygen atoms in total. The van der Waals surface area contributed by atoms with Gasteiger partial charge in [-0.2, -0.15) is 0 Å². The topological polar surface area (TPSA) is 98.2 Å². The standard InChI is InChI=1S/C26H30N6O3/c1-17-5-4-12-31(15-17)24(22-13-19-8-11-21(35-3)14-23(19)27-26(22)33)25-28-29-30-32(25)16-18-6-9-20(34-2)10-7-18/h6-11,13-14,17,24H,4-5,12,15-16H2,1-3H3,(H,27,33)/t17-,24-/m0/s1. The minimum absolute atomic E-state index is 0.145. The summed E-state index contributed by atoms with van der Waals surface area (Å²) >= 11 is 0. The number of benzene rings is 2. The maximum atomic E-state index is 13.4. The highest BCUT2D eigenvalue weighted by Gasteiger charge is 2.32. The van der Waals surface area contributed by atoms with E-state index in [4.69, 9.17) is 9.47 Å². The van der Waals surface area contributed by atoms with E-state index in [1.165, 1.54) is 6.42 Å². The predicted octanol–water partition coefficient (Wildman–Crippen LogP) is 3.40. The molecule has 3 heterocycles. The van der Waals surface area contributed by atoms with Gasteiger partial charge in [0.1, 0.15) is 17.5 Å². The van der Waals surface area contributed by atoms with Gasteiger partial charge in [-0.05, 0) is 77.0 Å². The average molecular weight is 475 g/mol. The van der Waals surface area contributed by atoms with Crippen LogP contribution in [-0.4, -0.2) is 57.4 Å². The van der Waals surface area contributed by atoms with Gasteiger partial charge in [0.05, 0.1) is 26.3 Å². The molecule has 0 radical (unpaired) electrons. The van der Waals surface area contributed by atoms with Crippen molar-refractivity contribution in [3.05, 3.63) is 75.8 Å². The Labute approximate surface area is 203 Å². The summed E-state index contributed by atoms with van der Waals surface area (Å²) in [6, 6.07) is 15.1. The number of rotatable bonds is 7. The number of likely N-dealkylation sites (tertiary alicyclic amines) is 1. The maximum Gasteiger partial charge on any atom is 0.253 e. The Morgan fingerprint density at radius 3 is 2.60 bits per heavy atom. The number of hydrogen-bond acceptors (Lipinski definition) is 7. The van der Waals surface area contributed by atoms with Crippen LogP contribution in [0.2, 0.25) is 0 Å². The summed E-state index contributed by atoms with van der Waals surface area (Å²) in [6.45, 7) is 4.50. The van der Waals surface area contributed by atoms with E-state index in [2.05, 4.69) is 32.3 Å². The minimum Gasteiger partial charge on any atom is -0.497 e. The number of methoxy groups -OCH3 is 2. The van der Waals surface area contributed by atoms with Crippen LogP contribution in [0, 0.1) is 5.92 Å². The highest BCUT2D eigenvalue weighted by atomic mass is 16.5. The number of fused-ring (bicyclic) bond motifs is 1. The largest absolute Gasteiger partial charge is 0.497 e. The van der Waals surface area contributed by atoms with Crippen LogP contribution in [0.1, 0.15) is 42.8 Å². The molecule has 4 aromatic rings. The molecular weight excluding hydrogens is 444 g/mol. The molecule has 0 spiro atoms. The zero-order valence-corrected chi connectivity index (χ0v) is 20.3. The fraction of sp³-hybridized carbons (Fsp3) is 0.385. The number of nitrogens with one attached hydrogen (secondary N) is 1. The number of ether oxygens (including phenoxy) is 2. The summed E-state index contributed by atoms with van der Waals surface area (Å²) in [5.41, 5.74) is 2.28. The molecule has 5 rings (SSSR count). The van der Waals surface area contributed by atoms with Gasteiger partial charge in [-0.3, -0.25) is 9.69 Å². The van der Waals surface area contributed by atoms with E-state index in [1.54, 1.807) is 18.9 Å². The summed E-state index contributed by atoms with van der Waals surface area (Å²) in [7, 11) is 3.26. The molecule has 1 saturated heterocycles. The van der Waals surface area contributed by atoms with Gasteiger partial charge in [0.2, 0.25) is 0 Å². The number of H-pyrrole nitrogens is 1. The molecule has 182 valence electrons. The number of piperidine rings is 1. The van der Waals surface area contributed by atoms with Crippen LogP contribution in [0.4, 0.5) is 0 Å². The first-order valence-electron chi connectivity index (χ1n) is 11.9. The SMILES string of the molecule is COc1ccc(Cn2nnnc2[C@H](c2cc3ccc(OC)cc3[nH]c2=O)N2CCC[C@H](C)C2)cc1. The summed E-state index contributed by atoms with van der Waals surface area (Å²) in [5.74, 6) is 2.69. The first kappa shape index (κ1) is 23.0. The molecule has 0 bridgehead atoms. The van der Waals surface area contributed by atoms with Gasteiger partial charge in [-0.25, -0.2) is 4.68 Å². The van der Waals surface area contributed by atoms with Gasteiger partial charge in [0, 0.05) is 18.2 Å². The fourth-order valence-electron chi connectivity index (χ4n) is 4.91. The second kappa shape index (κ2) is 9.87. The van der Waals surface area contributed by atoms with Crippen molar-refractivity contribution in [3.8, 4) is 11.5 Å². The lowest BCUT2D eigenvalue weighted by Crippen LogP contribution is -2.41. The van der Waals surface area contributed by atoms with Crippen molar-refractivity contribution >= 4 is 10.9 Å². The van der Waals surface area contributed by atoms with E-state index in [9.17, 15) is 4.79 Å². The Kier molecular flexibility index (Phi) is 6.50. The molecule has 0 amide bonds. The fourth-order valence-corrected chi connectivity index (χ4v) is 4.91. The van der Waals surface area contributed by atoms with Crippen molar-refractivity contribution in [3.63, 3.8) is 0 Å². The summed E-state index contributed by atoms with van der Waals surface area (Å²) in [5, 5.41) is 13.7. The molecule has 0 aliphatic carbocycles. The third-order valence-corrected chi connectivity index (χ3v) is 6.73. The van der Waals surface area contributed by atoms with Crippen LogP contribution in [0.3, 0.4) is 0 Å². The normalized spacial score (nSPS) is 17.4. The predicted molar refractivity (Wildman–Crippen MR) is 133 cm³/mol. The van der Waals surface area contributed by atoms with E-state index in [0.717, 1.165) is 41.7 Å². The average Bonchev–Trinajstić information content (AvgIpc) is 3.32. The summed E-state index contributed by atoms with van der Waals surface area (Å²) in [4.78, 5) is 18.8.